The van der Waals surface area contributed by atoms with Gasteiger partial charge in [-0.3, -0.25) is 10.1 Å². The van der Waals surface area contributed by atoms with Crippen molar-refractivity contribution in [2.24, 2.45) is 0 Å². The predicted molar refractivity (Wildman–Crippen MR) is 81.8 cm³/mol. The maximum atomic E-state index is 11.9. The Morgan fingerprint density at radius 2 is 2.14 bits per heavy atom. The second kappa shape index (κ2) is 6.40. The molecule has 0 aromatic carbocycles. The van der Waals surface area contributed by atoms with Gasteiger partial charge in [0.1, 0.15) is 4.88 Å². The third-order valence-electron chi connectivity index (χ3n) is 2.34. The van der Waals surface area contributed by atoms with Gasteiger partial charge in [-0.1, -0.05) is 11.3 Å². The van der Waals surface area contributed by atoms with E-state index >= 15 is 0 Å². The molecule has 6 nitrogen and oxygen atoms in total. The summed E-state index contributed by atoms with van der Waals surface area (Å²) in [5.41, 5.74) is 0.515. The minimum Gasteiger partial charge on any atom is -0.459 e. The first-order valence-electron chi connectivity index (χ1n) is 6.12. The van der Waals surface area contributed by atoms with Crippen LogP contribution in [0.5, 0.6) is 0 Å². The molecule has 0 aliphatic rings. The average molecular weight is 373 g/mol. The van der Waals surface area contributed by atoms with Gasteiger partial charge >= 0.3 is 5.97 Å². The molecule has 2 rings (SSSR count). The Balaban J connectivity index is 2.12. The monoisotopic (exact) mass is 372 g/mol. The Kier molecular flexibility index (Phi) is 4.79. The fourth-order valence-corrected chi connectivity index (χ4v) is 2.65. The van der Waals surface area contributed by atoms with E-state index in [1.165, 1.54) is 6.07 Å². The van der Waals surface area contributed by atoms with Crippen LogP contribution in [-0.2, 0) is 4.74 Å². The number of amides is 1. The molecule has 0 aliphatic carbocycles. The summed E-state index contributed by atoms with van der Waals surface area (Å²) >= 11 is 4.19. The number of carbonyl (C=O) groups excluding carboxylic acids is 2. The number of ether oxygens (including phenoxy) is 1. The minimum absolute atomic E-state index is 0.154. The van der Waals surface area contributed by atoms with E-state index in [9.17, 15) is 9.59 Å². The number of furan rings is 1. The van der Waals surface area contributed by atoms with Gasteiger partial charge in [-0.05, 0) is 48.8 Å². The second-order valence-corrected chi connectivity index (χ2v) is 6.23. The number of hydrogen-bond acceptors (Lipinski definition) is 6. The maximum Gasteiger partial charge on any atom is 0.350 e. The van der Waals surface area contributed by atoms with Crippen LogP contribution in [0, 0.1) is 6.92 Å². The standard InChI is InChI=1S/C13H13BrN2O4S/c1-6(2)19-12(18)10-7(3)15-13(21-10)16-11(17)8-4-5-9(14)20-8/h4-6H,1-3H3,(H,15,16,17). The van der Waals surface area contributed by atoms with E-state index in [4.69, 9.17) is 9.15 Å². The molecule has 0 bridgehead atoms. The molecule has 112 valence electrons. The van der Waals surface area contributed by atoms with Crippen molar-refractivity contribution in [3.63, 3.8) is 0 Å². The summed E-state index contributed by atoms with van der Waals surface area (Å²) in [7, 11) is 0. The molecule has 0 spiro atoms. The summed E-state index contributed by atoms with van der Waals surface area (Å²) in [4.78, 5) is 28.3. The molecule has 0 unspecified atom stereocenters. The lowest BCUT2D eigenvalue weighted by atomic mass is 10.4. The van der Waals surface area contributed by atoms with Gasteiger partial charge in [-0.25, -0.2) is 9.78 Å². The molecule has 8 heteroatoms. The average Bonchev–Trinajstić information content (AvgIpc) is 2.95. The number of halogens is 1. The third kappa shape index (κ3) is 3.92. The Morgan fingerprint density at radius 3 is 2.71 bits per heavy atom. The molecule has 2 aromatic rings. The topological polar surface area (TPSA) is 81.4 Å². The van der Waals surface area contributed by atoms with Crippen molar-refractivity contribution in [2.75, 3.05) is 5.32 Å². The summed E-state index contributed by atoms with van der Waals surface area (Å²) in [6.07, 6.45) is -0.211. The van der Waals surface area contributed by atoms with E-state index < -0.39 is 11.9 Å². The van der Waals surface area contributed by atoms with Crippen LogP contribution in [0.1, 0.15) is 39.8 Å². The van der Waals surface area contributed by atoms with Gasteiger partial charge in [-0.15, -0.1) is 0 Å². The van der Waals surface area contributed by atoms with Crippen LogP contribution < -0.4 is 5.32 Å². The van der Waals surface area contributed by atoms with Crippen LogP contribution >= 0.6 is 27.3 Å². The Labute approximate surface area is 133 Å². The summed E-state index contributed by atoms with van der Waals surface area (Å²) in [6.45, 7) is 5.23. The number of thiazole rings is 1. The highest BCUT2D eigenvalue weighted by Crippen LogP contribution is 2.24. The van der Waals surface area contributed by atoms with Gasteiger partial charge in [-0.2, -0.15) is 0 Å². The van der Waals surface area contributed by atoms with E-state index in [-0.39, 0.29) is 11.9 Å². The fourth-order valence-electron chi connectivity index (χ4n) is 1.50. The third-order valence-corrected chi connectivity index (χ3v) is 3.82. The molecule has 2 heterocycles. The van der Waals surface area contributed by atoms with Crippen molar-refractivity contribution in [3.05, 3.63) is 33.1 Å². The molecule has 0 radical (unpaired) electrons. The lowest BCUT2D eigenvalue weighted by Crippen LogP contribution is -2.11. The van der Waals surface area contributed by atoms with E-state index in [1.54, 1.807) is 26.8 Å². The van der Waals surface area contributed by atoms with Crippen LogP contribution in [0.3, 0.4) is 0 Å². The molecular weight excluding hydrogens is 360 g/mol. The van der Waals surface area contributed by atoms with Gasteiger partial charge in [0.05, 0.1) is 11.8 Å². The molecule has 0 fully saturated rings. The number of aryl methyl sites for hydroxylation is 1. The first-order chi connectivity index (χ1) is 9.86. The number of hydrogen-bond donors (Lipinski definition) is 1. The summed E-state index contributed by atoms with van der Waals surface area (Å²) in [5, 5.41) is 2.91. The summed E-state index contributed by atoms with van der Waals surface area (Å²) in [5.74, 6) is -0.722. The molecular formula is C13H13BrN2O4S. The van der Waals surface area contributed by atoms with Gasteiger partial charge in [0, 0.05) is 0 Å². The summed E-state index contributed by atoms with van der Waals surface area (Å²) < 4.78 is 10.7. The van der Waals surface area contributed by atoms with Crippen molar-refractivity contribution in [1.82, 2.24) is 4.98 Å². The van der Waals surface area contributed by atoms with Gasteiger partial charge in [0.15, 0.2) is 15.6 Å². The first-order valence-corrected chi connectivity index (χ1v) is 7.73. The number of carbonyl (C=O) groups is 2. The molecule has 2 aromatic heterocycles. The van der Waals surface area contributed by atoms with E-state index in [0.717, 1.165) is 11.3 Å². The van der Waals surface area contributed by atoms with Crippen molar-refractivity contribution in [1.29, 1.82) is 0 Å². The molecule has 0 atom stereocenters. The van der Waals surface area contributed by atoms with E-state index in [0.29, 0.717) is 20.4 Å². The number of anilines is 1. The zero-order valence-corrected chi connectivity index (χ0v) is 14.0. The smallest absolute Gasteiger partial charge is 0.350 e. The molecule has 0 saturated carbocycles. The SMILES string of the molecule is Cc1nc(NC(=O)c2ccc(Br)o2)sc1C(=O)OC(C)C. The molecule has 21 heavy (non-hydrogen) atoms. The quantitative estimate of drug-likeness (QED) is 0.828. The Bertz CT molecular complexity index is 678. The van der Waals surface area contributed by atoms with Crippen LogP contribution in [0.2, 0.25) is 0 Å². The van der Waals surface area contributed by atoms with Crippen molar-refractivity contribution >= 4 is 44.3 Å². The number of esters is 1. The van der Waals surface area contributed by atoms with Crippen LogP contribution in [0.25, 0.3) is 0 Å². The Morgan fingerprint density at radius 1 is 1.43 bits per heavy atom. The van der Waals surface area contributed by atoms with Crippen LogP contribution in [-0.4, -0.2) is 23.0 Å². The minimum atomic E-state index is -0.443. The second-order valence-electron chi connectivity index (χ2n) is 4.45. The normalized spacial score (nSPS) is 10.7. The first kappa shape index (κ1) is 15.7. The number of aromatic nitrogens is 1. The van der Waals surface area contributed by atoms with Crippen molar-refractivity contribution in [3.8, 4) is 0 Å². The molecule has 0 saturated heterocycles. The highest BCUT2D eigenvalue weighted by Gasteiger charge is 2.20. The Hall–Kier alpha value is -1.67. The van der Waals surface area contributed by atoms with Crippen molar-refractivity contribution < 1.29 is 18.7 Å². The van der Waals surface area contributed by atoms with Crippen molar-refractivity contribution in [2.45, 2.75) is 26.9 Å². The number of rotatable bonds is 4. The maximum absolute atomic E-state index is 11.9. The molecule has 1 N–H and O–H groups in total. The fraction of sp³-hybridized carbons (Fsp3) is 0.308. The lowest BCUT2D eigenvalue weighted by Gasteiger charge is -2.05. The van der Waals surface area contributed by atoms with E-state index in [2.05, 4.69) is 26.2 Å². The molecule has 1 amide bonds. The highest BCUT2D eigenvalue weighted by atomic mass is 79.9. The largest absolute Gasteiger partial charge is 0.459 e. The number of nitrogens with one attached hydrogen (secondary N) is 1. The highest BCUT2D eigenvalue weighted by molar-refractivity contribution is 9.10. The van der Waals surface area contributed by atoms with Gasteiger partial charge in [0.25, 0.3) is 5.91 Å². The predicted octanol–water partition coefficient (Wildman–Crippen LogP) is 3.62. The zero-order chi connectivity index (χ0) is 15.6. The van der Waals surface area contributed by atoms with Crippen LogP contribution in [0.4, 0.5) is 5.13 Å². The zero-order valence-electron chi connectivity index (χ0n) is 11.6. The van der Waals surface area contributed by atoms with Gasteiger partial charge < -0.3 is 9.15 Å². The molecule has 0 aliphatic heterocycles. The summed E-state index contributed by atoms with van der Waals surface area (Å²) in [6, 6.07) is 3.15. The van der Waals surface area contributed by atoms with Gasteiger partial charge in [0.2, 0.25) is 0 Å². The van der Waals surface area contributed by atoms with E-state index in [1.807, 2.05) is 0 Å². The lowest BCUT2D eigenvalue weighted by molar-refractivity contribution is 0.0382. The number of nitrogens with zero attached hydrogens (tertiary/aromatic N) is 1. The van der Waals surface area contributed by atoms with Crippen LogP contribution in [0.15, 0.2) is 21.2 Å².